The van der Waals surface area contributed by atoms with Crippen LogP contribution in [-0.2, 0) is 21.2 Å². The molecule has 1 unspecified atom stereocenters. The Morgan fingerprint density at radius 3 is 2.54 bits per heavy atom. The van der Waals surface area contributed by atoms with E-state index in [1.165, 1.54) is 23.8 Å². The molecule has 0 saturated heterocycles. The Morgan fingerprint density at radius 2 is 1.85 bits per heavy atom. The Morgan fingerprint density at radius 1 is 1.12 bits per heavy atom. The summed E-state index contributed by atoms with van der Waals surface area (Å²) in [7, 11) is -3.75. The van der Waals surface area contributed by atoms with Gasteiger partial charge in [-0.25, -0.2) is 12.8 Å². The molecular formula is C19H23FN2O3S. The van der Waals surface area contributed by atoms with Gasteiger partial charge in [-0.05, 0) is 36.6 Å². The highest BCUT2D eigenvalue weighted by Crippen LogP contribution is 2.13. The molecule has 0 bridgehead atoms. The normalized spacial score (nSPS) is 12.4. The fourth-order valence-corrected chi connectivity index (χ4v) is 3.88. The summed E-state index contributed by atoms with van der Waals surface area (Å²) in [4.78, 5) is 12.1. The first-order valence-electron chi connectivity index (χ1n) is 8.43. The van der Waals surface area contributed by atoms with Crippen LogP contribution in [0.2, 0.25) is 0 Å². The van der Waals surface area contributed by atoms with Gasteiger partial charge in [-0.1, -0.05) is 43.3 Å². The van der Waals surface area contributed by atoms with Gasteiger partial charge < -0.3 is 5.32 Å². The van der Waals surface area contributed by atoms with Gasteiger partial charge in [0, 0.05) is 6.54 Å². The van der Waals surface area contributed by atoms with E-state index in [2.05, 4.69) is 10.0 Å². The number of rotatable bonds is 9. The quantitative estimate of drug-likeness (QED) is 0.659. The Hall–Kier alpha value is -2.41. The molecule has 0 aliphatic heterocycles. The maximum Gasteiger partial charge on any atom is 0.233 e. The molecule has 0 heterocycles. The molecule has 0 saturated carbocycles. The summed E-state index contributed by atoms with van der Waals surface area (Å²) in [5, 5.41) is 2.76. The number of hydrogen-bond acceptors (Lipinski definition) is 3. The van der Waals surface area contributed by atoms with Crippen LogP contribution in [-0.4, -0.2) is 26.6 Å². The molecule has 5 nitrogen and oxygen atoms in total. The molecule has 1 atom stereocenters. The lowest BCUT2D eigenvalue weighted by molar-refractivity contribution is -0.123. The summed E-state index contributed by atoms with van der Waals surface area (Å²) in [5.41, 5.74) is 1.33. The van der Waals surface area contributed by atoms with E-state index < -0.39 is 21.8 Å². The molecule has 2 N–H and O–H groups in total. The number of aryl methyl sites for hydroxylation is 1. The molecule has 7 heteroatoms. The van der Waals surface area contributed by atoms with Crippen LogP contribution in [0.25, 0.3) is 0 Å². The second kappa shape index (κ2) is 9.33. The zero-order valence-corrected chi connectivity index (χ0v) is 15.4. The van der Waals surface area contributed by atoms with E-state index in [9.17, 15) is 17.6 Å². The molecule has 26 heavy (non-hydrogen) atoms. The number of amides is 1. The molecule has 0 fully saturated rings. The Bertz CT molecular complexity index is 826. The van der Waals surface area contributed by atoms with E-state index in [1.807, 2.05) is 30.3 Å². The average molecular weight is 378 g/mol. The van der Waals surface area contributed by atoms with Crippen molar-refractivity contribution in [2.75, 3.05) is 17.0 Å². The van der Waals surface area contributed by atoms with Crippen LogP contribution in [0.15, 0.2) is 54.6 Å². The molecule has 0 radical (unpaired) electrons. The Balaban J connectivity index is 1.76. The number of hydrogen-bond donors (Lipinski definition) is 2. The monoisotopic (exact) mass is 378 g/mol. The number of sulfonamides is 1. The van der Waals surface area contributed by atoms with Crippen molar-refractivity contribution < 1.29 is 17.6 Å². The zero-order valence-electron chi connectivity index (χ0n) is 14.6. The molecule has 1 amide bonds. The van der Waals surface area contributed by atoms with Crippen molar-refractivity contribution >= 4 is 21.6 Å². The van der Waals surface area contributed by atoms with Gasteiger partial charge in [0.1, 0.15) is 5.82 Å². The molecule has 2 aromatic rings. The van der Waals surface area contributed by atoms with E-state index in [-0.39, 0.29) is 17.3 Å². The second-order valence-corrected chi connectivity index (χ2v) is 7.94. The first kappa shape index (κ1) is 19.9. The third-order valence-corrected chi connectivity index (χ3v) is 5.28. The van der Waals surface area contributed by atoms with Gasteiger partial charge in [0.2, 0.25) is 15.9 Å². The van der Waals surface area contributed by atoms with Crippen molar-refractivity contribution in [2.45, 2.75) is 19.8 Å². The van der Waals surface area contributed by atoms with Gasteiger partial charge in [0.15, 0.2) is 0 Å². The third-order valence-electron chi connectivity index (χ3n) is 3.80. The highest BCUT2D eigenvalue weighted by atomic mass is 32.2. The van der Waals surface area contributed by atoms with Crippen molar-refractivity contribution in [1.29, 1.82) is 0 Å². The summed E-state index contributed by atoms with van der Waals surface area (Å²) < 4.78 is 39.7. The van der Waals surface area contributed by atoms with Crippen molar-refractivity contribution in [3.8, 4) is 0 Å². The van der Waals surface area contributed by atoms with Crippen LogP contribution in [0.5, 0.6) is 0 Å². The molecule has 2 rings (SSSR count). The number of benzene rings is 2. The van der Waals surface area contributed by atoms with E-state index in [4.69, 9.17) is 0 Å². The molecule has 2 aromatic carbocycles. The summed E-state index contributed by atoms with van der Waals surface area (Å²) in [5.74, 6) is -1.93. The minimum atomic E-state index is -3.75. The van der Waals surface area contributed by atoms with Gasteiger partial charge in [-0.15, -0.1) is 0 Å². The minimum Gasteiger partial charge on any atom is -0.356 e. The predicted octanol–water partition coefficient (Wildman–Crippen LogP) is 2.95. The van der Waals surface area contributed by atoms with Crippen LogP contribution < -0.4 is 10.0 Å². The summed E-state index contributed by atoms with van der Waals surface area (Å²) in [6.07, 6.45) is 1.62. The lowest BCUT2D eigenvalue weighted by atomic mass is 10.1. The van der Waals surface area contributed by atoms with Crippen LogP contribution in [0.3, 0.4) is 0 Å². The van der Waals surface area contributed by atoms with Gasteiger partial charge in [-0.2, -0.15) is 0 Å². The maximum atomic E-state index is 13.1. The van der Waals surface area contributed by atoms with E-state index in [1.54, 1.807) is 6.92 Å². The van der Waals surface area contributed by atoms with Crippen molar-refractivity contribution in [1.82, 2.24) is 5.32 Å². The Kier molecular flexibility index (Phi) is 7.15. The fraction of sp³-hybridized carbons (Fsp3) is 0.316. The predicted molar refractivity (Wildman–Crippen MR) is 101 cm³/mol. The topological polar surface area (TPSA) is 75.3 Å². The summed E-state index contributed by atoms with van der Waals surface area (Å²) >= 11 is 0. The smallest absolute Gasteiger partial charge is 0.233 e. The van der Waals surface area contributed by atoms with E-state index in [0.717, 1.165) is 18.9 Å². The molecule has 140 valence electrons. The van der Waals surface area contributed by atoms with Gasteiger partial charge in [0.25, 0.3) is 0 Å². The fourth-order valence-electron chi connectivity index (χ4n) is 2.50. The van der Waals surface area contributed by atoms with Gasteiger partial charge in [0.05, 0.1) is 17.4 Å². The molecule has 0 aromatic heterocycles. The average Bonchev–Trinajstić information content (AvgIpc) is 2.58. The number of anilines is 1. The number of carbonyl (C=O) groups is 1. The van der Waals surface area contributed by atoms with Crippen molar-refractivity contribution in [3.05, 3.63) is 66.0 Å². The lowest BCUT2D eigenvalue weighted by Crippen LogP contribution is -2.35. The van der Waals surface area contributed by atoms with E-state index in [0.29, 0.717) is 6.54 Å². The number of halogens is 1. The number of carbonyl (C=O) groups excluding carboxylic acids is 1. The first-order valence-corrected chi connectivity index (χ1v) is 10.1. The van der Waals surface area contributed by atoms with Crippen LogP contribution in [0.1, 0.15) is 18.9 Å². The van der Waals surface area contributed by atoms with Gasteiger partial charge >= 0.3 is 0 Å². The molecular weight excluding hydrogens is 355 g/mol. The molecule has 0 aliphatic rings. The highest BCUT2D eigenvalue weighted by Gasteiger charge is 2.21. The lowest BCUT2D eigenvalue weighted by Gasteiger charge is -2.14. The van der Waals surface area contributed by atoms with Crippen LogP contribution >= 0.6 is 0 Å². The highest BCUT2D eigenvalue weighted by molar-refractivity contribution is 7.92. The standard InChI is InChI=1S/C19H23FN2O3S/c1-15(14-26(24,25)22-18-11-5-10-17(20)13-18)19(23)21-12-6-9-16-7-3-2-4-8-16/h2-5,7-8,10-11,13,15,22H,6,9,12,14H2,1H3,(H,21,23). The zero-order chi connectivity index (χ0) is 19.0. The minimum absolute atomic E-state index is 0.139. The third kappa shape index (κ3) is 6.84. The first-order chi connectivity index (χ1) is 12.4. The largest absolute Gasteiger partial charge is 0.356 e. The second-order valence-electron chi connectivity index (χ2n) is 6.18. The van der Waals surface area contributed by atoms with E-state index >= 15 is 0 Å². The Labute approximate surface area is 153 Å². The summed E-state index contributed by atoms with van der Waals surface area (Å²) in [6.45, 7) is 2.03. The van der Waals surface area contributed by atoms with Crippen molar-refractivity contribution in [2.24, 2.45) is 5.92 Å². The van der Waals surface area contributed by atoms with Crippen LogP contribution in [0, 0.1) is 11.7 Å². The van der Waals surface area contributed by atoms with Gasteiger partial charge in [-0.3, -0.25) is 9.52 Å². The van der Waals surface area contributed by atoms with Crippen molar-refractivity contribution in [3.63, 3.8) is 0 Å². The van der Waals surface area contributed by atoms with Crippen LogP contribution in [0.4, 0.5) is 10.1 Å². The maximum absolute atomic E-state index is 13.1. The molecule has 0 aliphatic carbocycles. The molecule has 0 spiro atoms. The SMILES string of the molecule is CC(CS(=O)(=O)Nc1cccc(F)c1)C(=O)NCCCc1ccccc1. The summed E-state index contributed by atoms with van der Waals surface area (Å²) in [6, 6.07) is 15.1. The number of nitrogens with one attached hydrogen (secondary N) is 2.